The molecule has 1 amide bonds. The number of halogens is 2. The van der Waals surface area contributed by atoms with Crippen molar-refractivity contribution in [3.8, 4) is 5.75 Å². The number of primary amides is 1. The number of amides is 1. The van der Waals surface area contributed by atoms with Crippen LogP contribution in [0.2, 0.25) is 0 Å². The van der Waals surface area contributed by atoms with Crippen molar-refractivity contribution < 1.29 is 31.5 Å². The molecule has 2 aliphatic rings. The SMILES string of the molecule is CC(C)(C)[C@@]12CC[C@@H](C[C@H](OC(N)=O)C1)N2S(=O)(=O)c1ccc(OC(F)F)cc1. The number of benzene rings is 1. The van der Waals surface area contributed by atoms with Crippen LogP contribution in [0.1, 0.15) is 46.5 Å². The summed E-state index contributed by atoms with van der Waals surface area (Å²) in [6.07, 6.45) is 0.665. The van der Waals surface area contributed by atoms with Crippen molar-refractivity contribution in [2.75, 3.05) is 0 Å². The molecule has 2 N–H and O–H groups in total. The first-order chi connectivity index (χ1) is 13.4. The van der Waals surface area contributed by atoms with Gasteiger partial charge in [-0.05, 0) is 42.5 Å². The number of carbonyl (C=O) groups excluding carboxylic acids is 1. The number of hydrogen-bond acceptors (Lipinski definition) is 5. The Bertz CT molecular complexity index is 870. The van der Waals surface area contributed by atoms with Gasteiger partial charge in [-0.25, -0.2) is 13.2 Å². The topological polar surface area (TPSA) is 98.9 Å². The summed E-state index contributed by atoms with van der Waals surface area (Å²) in [5.41, 5.74) is 3.99. The first kappa shape index (κ1) is 21.8. The van der Waals surface area contributed by atoms with E-state index >= 15 is 0 Å². The molecule has 2 aliphatic heterocycles. The van der Waals surface area contributed by atoms with Gasteiger partial charge in [0.25, 0.3) is 0 Å². The maximum absolute atomic E-state index is 13.6. The van der Waals surface area contributed by atoms with E-state index in [0.29, 0.717) is 25.7 Å². The van der Waals surface area contributed by atoms with Crippen LogP contribution in [0.15, 0.2) is 29.2 Å². The Morgan fingerprint density at radius 1 is 1.28 bits per heavy atom. The molecule has 2 fully saturated rings. The van der Waals surface area contributed by atoms with Crippen LogP contribution in [0.5, 0.6) is 5.75 Å². The van der Waals surface area contributed by atoms with Gasteiger partial charge < -0.3 is 15.2 Å². The minimum Gasteiger partial charge on any atom is -0.446 e. The largest absolute Gasteiger partial charge is 0.446 e. The minimum absolute atomic E-state index is 0.00825. The van der Waals surface area contributed by atoms with Crippen LogP contribution in [0.25, 0.3) is 0 Å². The molecule has 3 rings (SSSR count). The maximum Gasteiger partial charge on any atom is 0.404 e. The fourth-order valence-electron chi connectivity index (χ4n) is 4.75. The smallest absolute Gasteiger partial charge is 0.404 e. The van der Waals surface area contributed by atoms with Gasteiger partial charge >= 0.3 is 12.7 Å². The van der Waals surface area contributed by atoms with Crippen molar-refractivity contribution in [1.29, 1.82) is 0 Å². The van der Waals surface area contributed by atoms with E-state index in [9.17, 15) is 22.0 Å². The van der Waals surface area contributed by atoms with Gasteiger partial charge in [-0.1, -0.05) is 20.8 Å². The number of alkyl halides is 2. The highest BCUT2D eigenvalue weighted by Gasteiger charge is 2.62. The molecule has 7 nitrogen and oxygen atoms in total. The third kappa shape index (κ3) is 3.92. The van der Waals surface area contributed by atoms with Gasteiger partial charge in [0.15, 0.2) is 0 Å². The Kier molecular flexibility index (Phi) is 5.55. The highest BCUT2D eigenvalue weighted by atomic mass is 32.2. The van der Waals surface area contributed by atoms with Crippen LogP contribution < -0.4 is 10.5 Å². The molecule has 2 bridgehead atoms. The molecule has 3 atom stereocenters. The quantitative estimate of drug-likeness (QED) is 0.768. The predicted molar refractivity (Wildman–Crippen MR) is 101 cm³/mol. The number of nitrogens with zero attached hydrogens (tertiary/aromatic N) is 1. The summed E-state index contributed by atoms with van der Waals surface area (Å²) in [5, 5.41) is 0. The van der Waals surface area contributed by atoms with Gasteiger partial charge in [-0.15, -0.1) is 0 Å². The third-order valence-corrected chi connectivity index (χ3v) is 8.06. The minimum atomic E-state index is -3.92. The lowest BCUT2D eigenvalue weighted by molar-refractivity contribution is -0.0498. The normalized spacial score (nSPS) is 27.8. The molecule has 2 saturated heterocycles. The average Bonchev–Trinajstić information content (AvgIpc) is 2.84. The number of fused-ring (bicyclic) bond motifs is 2. The number of nitrogens with two attached hydrogens (primary N) is 1. The van der Waals surface area contributed by atoms with Crippen molar-refractivity contribution in [3.05, 3.63) is 24.3 Å². The van der Waals surface area contributed by atoms with E-state index in [1.54, 1.807) is 4.31 Å². The lowest BCUT2D eigenvalue weighted by Crippen LogP contribution is -2.62. The van der Waals surface area contributed by atoms with Crippen molar-refractivity contribution in [2.24, 2.45) is 11.1 Å². The van der Waals surface area contributed by atoms with Crippen LogP contribution in [0.3, 0.4) is 0 Å². The van der Waals surface area contributed by atoms with Gasteiger partial charge in [0.2, 0.25) is 10.0 Å². The molecule has 29 heavy (non-hydrogen) atoms. The molecule has 2 heterocycles. The summed E-state index contributed by atoms with van der Waals surface area (Å²) in [5.74, 6) is -0.110. The fourth-order valence-corrected chi connectivity index (χ4v) is 6.94. The molecule has 162 valence electrons. The van der Waals surface area contributed by atoms with Gasteiger partial charge in [0, 0.05) is 24.4 Å². The van der Waals surface area contributed by atoms with Crippen LogP contribution in [-0.2, 0) is 14.8 Å². The molecule has 0 aliphatic carbocycles. The fraction of sp³-hybridized carbons (Fsp3) is 0.632. The zero-order chi connectivity index (χ0) is 21.6. The Labute approximate surface area is 169 Å². The molecular weight excluding hydrogens is 406 g/mol. The van der Waals surface area contributed by atoms with Crippen molar-refractivity contribution in [1.82, 2.24) is 4.31 Å². The first-order valence-electron chi connectivity index (χ1n) is 9.42. The molecule has 0 aromatic heterocycles. The lowest BCUT2D eigenvalue weighted by atomic mass is 9.69. The molecular formula is C19H26F2N2O5S. The maximum atomic E-state index is 13.6. The van der Waals surface area contributed by atoms with Crippen LogP contribution in [0.4, 0.5) is 13.6 Å². The van der Waals surface area contributed by atoms with Crippen LogP contribution in [0, 0.1) is 5.41 Å². The Morgan fingerprint density at radius 2 is 1.90 bits per heavy atom. The summed E-state index contributed by atoms with van der Waals surface area (Å²) in [7, 11) is -3.92. The monoisotopic (exact) mass is 432 g/mol. The van der Waals surface area contributed by atoms with Gasteiger partial charge in [0.1, 0.15) is 11.9 Å². The number of piperidine rings is 1. The van der Waals surface area contributed by atoms with Gasteiger partial charge in [-0.3, -0.25) is 0 Å². The summed E-state index contributed by atoms with van der Waals surface area (Å²) < 4.78 is 63.0. The zero-order valence-corrected chi connectivity index (χ0v) is 17.4. The predicted octanol–water partition coefficient (Wildman–Crippen LogP) is 3.48. The second-order valence-corrected chi connectivity index (χ2v) is 10.4. The Hall–Kier alpha value is -1.94. The second-order valence-electron chi connectivity index (χ2n) is 8.62. The number of sulfonamides is 1. The molecule has 1 aromatic rings. The molecule has 0 saturated carbocycles. The van der Waals surface area contributed by atoms with Gasteiger partial charge in [0.05, 0.1) is 4.90 Å². The summed E-state index contributed by atoms with van der Waals surface area (Å²) in [6.45, 7) is 2.90. The molecule has 0 radical (unpaired) electrons. The van der Waals surface area contributed by atoms with Crippen molar-refractivity contribution >= 4 is 16.1 Å². The van der Waals surface area contributed by atoms with Crippen LogP contribution in [-0.4, -0.2) is 43.1 Å². The molecule has 1 aromatic carbocycles. The first-order valence-corrected chi connectivity index (χ1v) is 10.9. The highest BCUT2D eigenvalue weighted by molar-refractivity contribution is 7.89. The van der Waals surface area contributed by atoms with E-state index in [-0.39, 0.29) is 16.7 Å². The molecule has 10 heteroatoms. The lowest BCUT2D eigenvalue weighted by Gasteiger charge is -2.53. The van der Waals surface area contributed by atoms with Crippen molar-refractivity contribution in [2.45, 2.75) is 75.6 Å². The number of rotatable bonds is 5. The van der Waals surface area contributed by atoms with E-state index < -0.39 is 39.8 Å². The standard InChI is InChI=1S/C19H26F2N2O5S/c1-18(2,3)19-9-8-12(10-14(11-19)28-17(22)24)23(19)29(25,26)15-6-4-13(5-7-15)27-16(20)21/h4-7,12,14,16H,8-11H2,1-3H3,(H2,22,24)/t12-,14-,19+/m0/s1. The summed E-state index contributed by atoms with van der Waals surface area (Å²) in [4.78, 5) is 11.3. The number of ether oxygens (including phenoxy) is 2. The number of hydrogen-bond donors (Lipinski definition) is 1. The third-order valence-electron chi connectivity index (χ3n) is 6.03. The van der Waals surface area contributed by atoms with E-state index in [0.717, 1.165) is 0 Å². The second kappa shape index (κ2) is 7.39. The van der Waals surface area contributed by atoms with E-state index in [1.807, 2.05) is 20.8 Å². The van der Waals surface area contributed by atoms with Crippen LogP contribution >= 0.6 is 0 Å². The van der Waals surface area contributed by atoms with E-state index in [4.69, 9.17) is 10.5 Å². The average molecular weight is 432 g/mol. The van der Waals surface area contributed by atoms with Crippen molar-refractivity contribution in [3.63, 3.8) is 0 Å². The molecule has 0 unspecified atom stereocenters. The van der Waals surface area contributed by atoms with E-state index in [2.05, 4.69) is 4.74 Å². The summed E-state index contributed by atoms with van der Waals surface area (Å²) in [6, 6.07) is 4.64. The van der Waals surface area contributed by atoms with E-state index in [1.165, 1.54) is 24.3 Å². The Morgan fingerprint density at radius 3 is 2.41 bits per heavy atom. The molecule has 0 spiro atoms. The Balaban J connectivity index is 1.98. The number of carbonyl (C=O) groups is 1. The van der Waals surface area contributed by atoms with Gasteiger partial charge in [-0.2, -0.15) is 13.1 Å². The summed E-state index contributed by atoms with van der Waals surface area (Å²) >= 11 is 0. The highest BCUT2D eigenvalue weighted by Crippen LogP contribution is 2.55. The zero-order valence-electron chi connectivity index (χ0n) is 16.6.